The summed E-state index contributed by atoms with van der Waals surface area (Å²) in [7, 11) is 0. The number of halogens is 1. The van der Waals surface area contributed by atoms with Crippen molar-refractivity contribution in [1.82, 2.24) is 10.2 Å². The van der Waals surface area contributed by atoms with Crippen LogP contribution in [0.15, 0.2) is 28.7 Å². The molecule has 3 nitrogen and oxygen atoms in total. The molecule has 1 radical (unpaired) electrons. The Morgan fingerprint density at radius 3 is 2.58 bits per heavy atom. The normalized spacial score (nSPS) is 10.1. The Balaban J connectivity index is 2.43. The average Bonchev–Trinajstić information content (AvgIpc) is 2.58. The molecule has 0 unspecified atom stereocenters. The maximum absolute atomic E-state index is 12.5. The van der Waals surface area contributed by atoms with E-state index in [0.29, 0.717) is 11.5 Å². The Morgan fingerprint density at radius 2 is 2.00 bits per heavy atom. The van der Waals surface area contributed by atoms with E-state index in [0.717, 1.165) is 0 Å². The van der Waals surface area contributed by atoms with Gasteiger partial charge in [-0.3, -0.25) is 0 Å². The van der Waals surface area contributed by atoms with Gasteiger partial charge in [-0.05, 0) is 24.3 Å². The Morgan fingerprint density at radius 1 is 1.25 bits per heavy atom. The highest BCUT2D eigenvalue weighted by molar-refractivity contribution is 5.51. The van der Waals surface area contributed by atoms with Crippen molar-refractivity contribution < 1.29 is 8.81 Å². The van der Waals surface area contributed by atoms with Crippen LogP contribution < -0.4 is 0 Å². The van der Waals surface area contributed by atoms with Crippen molar-refractivity contribution in [2.45, 2.75) is 0 Å². The van der Waals surface area contributed by atoms with E-state index >= 15 is 0 Å². The van der Waals surface area contributed by atoms with Gasteiger partial charge in [-0.25, -0.2) is 4.39 Å². The lowest BCUT2D eigenvalue weighted by molar-refractivity contribution is 0.558. The Bertz CT molecular complexity index is 355. The predicted molar refractivity (Wildman–Crippen MR) is 38.5 cm³/mol. The van der Waals surface area contributed by atoms with E-state index in [9.17, 15) is 4.39 Å². The van der Waals surface area contributed by atoms with Crippen molar-refractivity contribution in [2.75, 3.05) is 0 Å². The highest BCUT2D eigenvalue weighted by atomic mass is 19.1. The molecule has 0 saturated carbocycles. The van der Waals surface area contributed by atoms with Crippen LogP contribution in [0.5, 0.6) is 0 Å². The molecule has 2 rings (SSSR count). The summed E-state index contributed by atoms with van der Waals surface area (Å²) < 4.78 is 17.2. The van der Waals surface area contributed by atoms with Gasteiger partial charge in [-0.1, -0.05) is 0 Å². The summed E-state index contributed by atoms with van der Waals surface area (Å²) in [5.41, 5.74) is 0.685. The topological polar surface area (TPSA) is 38.9 Å². The molecule has 4 heteroatoms. The van der Waals surface area contributed by atoms with Crippen molar-refractivity contribution >= 4 is 0 Å². The predicted octanol–water partition coefficient (Wildman–Crippen LogP) is 1.68. The molecule has 0 aliphatic carbocycles. The van der Waals surface area contributed by atoms with E-state index < -0.39 is 0 Å². The van der Waals surface area contributed by atoms with Gasteiger partial charge in [-0.2, -0.15) is 0 Å². The minimum Gasteiger partial charge on any atom is -0.412 e. The summed E-state index contributed by atoms with van der Waals surface area (Å²) in [6, 6.07) is 5.80. The Hall–Kier alpha value is -1.71. The first-order chi connectivity index (χ1) is 5.86. The fraction of sp³-hybridized carbons (Fsp3) is 0. The lowest BCUT2D eigenvalue weighted by atomic mass is 10.2. The molecule has 0 aliphatic heterocycles. The third-order valence-electron chi connectivity index (χ3n) is 1.42. The second-order valence-electron chi connectivity index (χ2n) is 2.21. The standard InChI is InChI=1S/C8H4FN2O/c9-7-3-1-6(2-4-7)8-11-10-5-12-8/h1-4H. The Labute approximate surface area is 67.9 Å². The largest absolute Gasteiger partial charge is 0.412 e. The number of rotatable bonds is 1. The van der Waals surface area contributed by atoms with Crippen LogP contribution in [0.4, 0.5) is 4.39 Å². The van der Waals surface area contributed by atoms with Gasteiger partial charge in [0.15, 0.2) is 0 Å². The minimum absolute atomic E-state index is 0.290. The molecule has 1 aromatic heterocycles. The molecule has 1 aromatic carbocycles. The zero-order chi connectivity index (χ0) is 8.39. The van der Waals surface area contributed by atoms with Crippen LogP contribution in [0.1, 0.15) is 0 Å². The van der Waals surface area contributed by atoms with E-state index in [1.54, 1.807) is 12.1 Å². The molecular formula is C8H4FN2O. The molecule has 0 saturated heterocycles. The molecule has 0 aliphatic rings. The van der Waals surface area contributed by atoms with Crippen molar-refractivity contribution in [3.8, 4) is 11.5 Å². The summed E-state index contributed by atoms with van der Waals surface area (Å²) in [6.45, 7) is 0. The van der Waals surface area contributed by atoms with E-state index in [-0.39, 0.29) is 5.82 Å². The summed E-state index contributed by atoms with van der Waals surface area (Å²) in [4.78, 5) is 0. The summed E-state index contributed by atoms with van der Waals surface area (Å²) in [5.74, 6) is 0.0530. The molecule has 0 atom stereocenters. The summed E-state index contributed by atoms with van der Waals surface area (Å²) >= 11 is 0. The van der Waals surface area contributed by atoms with E-state index in [4.69, 9.17) is 4.42 Å². The monoisotopic (exact) mass is 163 g/mol. The number of aromatic nitrogens is 2. The highest BCUT2D eigenvalue weighted by Crippen LogP contribution is 2.15. The third kappa shape index (κ3) is 1.18. The quantitative estimate of drug-likeness (QED) is 0.641. The molecule has 0 N–H and O–H groups in total. The van der Waals surface area contributed by atoms with Crippen LogP contribution in [-0.4, -0.2) is 10.2 Å². The molecule has 0 bridgehead atoms. The molecule has 12 heavy (non-hydrogen) atoms. The van der Waals surface area contributed by atoms with E-state index in [2.05, 4.69) is 16.6 Å². The van der Waals surface area contributed by atoms with Gasteiger partial charge < -0.3 is 4.42 Å². The van der Waals surface area contributed by atoms with Crippen molar-refractivity contribution in [1.29, 1.82) is 0 Å². The van der Waals surface area contributed by atoms with Gasteiger partial charge in [0.1, 0.15) is 5.82 Å². The maximum Gasteiger partial charge on any atom is 0.306 e. The SMILES string of the molecule is Fc1ccc(-c2nn[c]o2)cc1. The van der Waals surface area contributed by atoms with Crippen molar-refractivity contribution in [3.63, 3.8) is 0 Å². The molecular weight excluding hydrogens is 159 g/mol. The zero-order valence-corrected chi connectivity index (χ0v) is 5.99. The number of hydrogen-bond acceptors (Lipinski definition) is 3. The van der Waals surface area contributed by atoms with Crippen LogP contribution in [0.3, 0.4) is 0 Å². The average molecular weight is 163 g/mol. The van der Waals surface area contributed by atoms with Gasteiger partial charge >= 0.3 is 6.39 Å². The first-order valence-corrected chi connectivity index (χ1v) is 3.32. The van der Waals surface area contributed by atoms with Crippen LogP contribution >= 0.6 is 0 Å². The van der Waals surface area contributed by atoms with Crippen LogP contribution in [0.2, 0.25) is 0 Å². The second-order valence-corrected chi connectivity index (χ2v) is 2.21. The van der Waals surface area contributed by atoms with Crippen LogP contribution in [-0.2, 0) is 0 Å². The lowest BCUT2D eigenvalue weighted by Gasteiger charge is -1.91. The molecule has 0 amide bonds. The maximum atomic E-state index is 12.5. The van der Waals surface area contributed by atoms with Crippen LogP contribution in [0.25, 0.3) is 11.5 Å². The van der Waals surface area contributed by atoms with Gasteiger partial charge in [0, 0.05) is 5.56 Å². The number of nitrogens with zero attached hydrogens (tertiary/aromatic N) is 2. The first kappa shape index (κ1) is 6.97. The van der Waals surface area contributed by atoms with Gasteiger partial charge in [-0.15, -0.1) is 10.2 Å². The molecule has 2 aromatic rings. The van der Waals surface area contributed by atoms with Gasteiger partial charge in [0.2, 0.25) is 5.89 Å². The third-order valence-corrected chi connectivity index (χ3v) is 1.42. The molecule has 1 heterocycles. The van der Waals surface area contributed by atoms with Gasteiger partial charge in [0.25, 0.3) is 0 Å². The Kier molecular flexibility index (Phi) is 1.59. The zero-order valence-electron chi connectivity index (χ0n) is 5.99. The first-order valence-electron chi connectivity index (χ1n) is 3.32. The van der Waals surface area contributed by atoms with Crippen molar-refractivity contribution in [3.05, 3.63) is 36.5 Å². The van der Waals surface area contributed by atoms with E-state index in [1.807, 2.05) is 0 Å². The molecule has 59 valence electrons. The van der Waals surface area contributed by atoms with Gasteiger partial charge in [0.05, 0.1) is 0 Å². The lowest BCUT2D eigenvalue weighted by Crippen LogP contribution is -1.78. The molecule has 0 spiro atoms. The minimum atomic E-state index is -0.290. The number of benzene rings is 1. The fourth-order valence-electron chi connectivity index (χ4n) is 0.859. The fourth-order valence-corrected chi connectivity index (χ4v) is 0.859. The second kappa shape index (κ2) is 2.73. The smallest absolute Gasteiger partial charge is 0.306 e. The summed E-state index contributed by atoms with van der Waals surface area (Å²) in [5, 5.41) is 7.01. The van der Waals surface area contributed by atoms with Crippen molar-refractivity contribution in [2.24, 2.45) is 0 Å². The highest BCUT2D eigenvalue weighted by Gasteiger charge is 2.02. The van der Waals surface area contributed by atoms with E-state index in [1.165, 1.54) is 12.1 Å². The van der Waals surface area contributed by atoms with Crippen LogP contribution in [0, 0.1) is 12.2 Å². The molecule has 0 fully saturated rings. The summed E-state index contributed by atoms with van der Waals surface area (Å²) in [6.07, 6.45) is 2.21. The number of hydrogen-bond donors (Lipinski definition) is 0.